The minimum Gasteiger partial charge on any atom is -0.308 e. The first-order valence-electron chi connectivity index (χ1n) is 8.37. The van der Waals surface area contributed by atoms with Crippen molar-refractivity contribution in [3.05, 3.63) is 35.4 Å². The van der Waals surface area contributed by atoms with Crippen LogP contribution in [0.5, 0.6) is 0 Å². The smallest absolute Gasteiger partial charge is 0.0238 e. The molecule has 0 aliphatic carbocycles. The third kappa shape index (κ3) is 3.42. The van der Waals surface area contributed by atoms with E-state index in [0.717, 1.165) is 12.5 Å². The summed E-state index contributed by atoms with van der Waals surface area (Å²) < 4.78 is 0. The highest BCUT2D eigenvalue weighted by Crippen LogP contribution is 2.22. The molecule has 1 aromatic rings. The molecule has 2 atom stereocenters. The van der Waals surface area contributed by atoms with Gasteiger partial charge < -0.3 is 10.2 Å². The summed E-state index contributed by atoms with van der Waals surface area (Å²) in [4.78, 5) is 2.70. The Hall–Kier alpha value is -0.860. The Labute approximate surface area is 123 Å². The fourth-order valence-corrected chi connectivity index (χ4v) is 3.78. The molecule has 0 amide bonds. The van der Waals surface area contributed by atoms with Gasteiger partial charge in [-0.1, -0.05) is 37.6 Å². The van der Waals surface area contributed by atoms with Crippen molar-refractivity contribution in [3.8, 4) is 0 Å². The number of nitrogens with one attached hydrogen (secondary N) is 1. The van der Waals surface area contributed by atoms with E-state index in [0.29, 0.717) is 6.04 Å². The zero-order valence-corrected chi connectivity index (χ0v) is 12.8. The highest BCUT2D eigenvalue weighted by atomic mass is 15.1. The van der Waals surface area contributed by atoms with Crippen LogP contribution in [0.1, 0.15) is 43.7 Å². The van der Waals surface area contributed by atoms with Crippen molar-refractivity contribution in [2.45, 2.75) is 51.6 Å². The summed E-state index contributed by atoms with van der Waals surface area (Å²) in [5, 5.41) is 3.73. The molecular formula is C18H28N2. The van der Waals surface area contributed by atoms with E-state index in [1.54, 1.807) is 5.56 Å². The van der Waals surface area contributed by atoms with Crippen molar-refractivity contribution < 1.29 is 0 Å². The Kier molecular flexibility index (Phi) is 4.74. The summed E-state index contributed by atoms with van der Waals surface area (Å²) in [7, 11) is 0. The quantitative estimate of drug-likeness (QED) is 0.909. The van der Waals surface area contributed by atoms with E-state index in [4.69, 9.17) is 0 Å². The van der Waals surface area contributed by atoms with Crippen molar-refractivity contribution in [2.24, 2.45) is 5.92 Å². The molecule has 20 heavy (non-hydrogen) atoms. The molecule has 2 nitrogen and oxygen atoms in total. The second kappa shape index (κ2) is 6.73. The van der Waals surface area contributed by atoms with Gasteiger partial charge in [0.15, 0.2) is 0 Å². The topological polar surface area (TPSA) is 15.3 Å². The minimum absolute atomic E-state index is 0.642. The van der Waals surface area contributed by atoms with E-state index >= 15 is 0 Å². The molecule has 0 spiro atoms. The lowest BCUT2D eigenvalue weighted by molar-refractivity contribution is 0.241. The average molecular weight is 272 g/mol. The van der Waals surface area contributed by atoms with Crippen molar-refractivity contribution in [1.82, 2.24) is 10.2 Å². The van der Waals surface area contributed by atoms with E-state index in [1.807, 2.05) is 0 Å². The summed E-state index contributed by atoms with van der Waals surface area (Å²) >= 11 is 0. The normalized spacial score (nSPS) is 27.9. The molecule has 0 saturated carbocycles. The van der Waals surface area contributed by atoms with Crippen LogP contribution in [0.15, 0.2) is 24.3 Å². The fraction of sp³-hybridized carbons (Fsp3) is 0.667. The van der Waals surface area contributed by atoms with Gasteiger partial charge >= 0.3 is 0 Å². The third-order valence-electron chi connectivity index (χ3n) is 5.16. The van der Waals surface area contributed by atoms with Gasteiger partial charge in [-0.15, -0.1) is 0 Å². The van der Waals surface area contributed by atoms with Crippen molar-refractivity contribution in [1.29, 1.82) is 0 Å². The van der Waals surface area contributed by atoms with Crippen LogP contribution < -0.4 is 5.32 Å². The van der Waals surface area contributed by atoms with Crippen LogP contribution in [0.4, 0.5) is 0 Å². The zero-order valence-electron chi connectivity index (χ0n) is 12.8. The lowest BCUT2D eigenvalue weighted by Crippen LogP contribution is -2.45. The van der Waals surface area contributed by atoms with E-state index < -0.39 is 0 Å². The number of rotatable bonds is 3. The standard InChI is InChI=1S/C18H28N2/c1-2-15-6-5-10-20(11-9-15)14-18-12-16-7-3-4-8-17(16)13-19-18/h3-4,7-8,15,18-19H,2,5-6,9-14H2,1H3. The molecule has 2 heteroatoms. The Balaban J connectivity index is 1.54. The van der Waals surface area contributed by atoms with Crippen LogP contribution in [0.2, 0.25) is 0 Å². The van der Waals surface area contributed by atoms with Crippen LogP contribution >= 0.6 is 0 Å². The molecule has 2 heterocycles. The molecule has 0 bridgehead atoms. The van der Waals surface area contributed by atoms with Gasteiger partial charge in [0.25, 0.3) is 0 Å². The van der Waals surface area contributed by atoms with Crippen LogP contribution in [0.25, 0.3) is 0 Å². The Bertz CT molecular complexity index is 429. The molecular weight excluding hydrogens is 244 g/mol. The Morgan fingerprint density at radius 3 is 2.85 bits per heavy atom. The molecule has 2 unspecified atom stereocenters. The Morgan fingerprint density at radius 2 is 2.00 bits per heavy atom. The van der Waals surface area contributed by atoms with Gasteiger partial charge in [0.1, 0.15) is 0 Å². The number of hydrogen-bond donors (Lipinski definition) is 1. The van der Waals surface area contributed by atoms with E-state index in [9.17, 15) is 0 Å². The molecule has 1 aromatic carbocycles. The van der Waals surface area contributed by atoms with Gasteiger partial charge in [-0.25, -0.2) is 0 Å². The second-order valence-electron chi connectivity index (χ2n) is 6.56. The van der Waals surface area contributed by atoms with Gasteiger partial charge in [0, 0.05) is 19.1 Å². The third-order valence-corrected chi connectivity index (χ3v) is 5.16. The molecule has 2 aliphatic rings. The Morgan fingerprint density at radius 1 is 1.15 bits per heavy atom. The summed E-state index contributed by atoms with van der Waals surface area (Å²) in [5.74, 6) is 0.972. The molecule has 110 valence electrons. The minimum atomic E-state index is 0.642. The maximum atomic E-state index is 3.73. The SMILES string of the molecule is CCC1CCCN(CC2Cc3ccccc3CN2)CC1. The van der Waals surface area contributed by atoms with E-state index in [2.05, 4.69) is 41.4 Å². The number of nitrogens with zero attached hydrogens (tertiary/aromatic N) is 1. The lowest BCUT2D eigenvalue weighted by atomic mass is 9.95. The second-order valence-corrected chi connectivity index (χ2v) is 6.56. The van der Waals surface area contributed by atoms with Crippen LogP contribution in [0.3, 0.4) is 0 Å². The zero-order chi connectivity index (χ0) is 13.8. The molecule has 1 fully saturated rings. The number of likely N-dealkylation sites (tertiary alicyclic amines) is 1. The average Bonchev–Trinajstić information content (AvgIpc) is 2.72. The summed E-state index contributed by atoms with van der Waals surface area (Å²) in [6, 6.07) is 9.54. The largest absolute Gasteiger partial charge is 0.308 e. The lowest BCUT2D eigenvalue weighted by Gasteiger charge is -2.31. The number of hydrogen-bond acceptors (Lipinski definition) is 2. The first kappa shape index (κ1) is 14.1. The van der Waals surface area contributed by atoms with Crippen LogP contribution in [-0.2, 0) is 13.0 Å². The molecule has 0 aromatic heterocycles. The number of benzene rings is 1. The summed E-state index contributed by atoms with van der Waals surface area (Å²) in [5.41, 5.74) is 3.04. The fourth-order valence-electron chi connectivity index (χ4n) is 3.78. The molecule has 2 aliphatic heterocycles. The first-order chi connectivity index (χ1) is 9.85. The van der Waals surface area contributed by atoms with Gasteiger partial charge in [-0.05, 0) is 55.8 Å². The van der Waals surface area contributed by atoms with Crippen molar-refractivity contribution >= 4 is 0 Å². The van der Waals surface area contributed by atoms with Crippen LogP contribution in [-0.4, -0.2) is 30.6 Å². The van der Waals surface area contributed by atoms with Gasteiger partial charge in [0.2, 0.25) is 0 Å². The monoisotopic (exact) mass is 272 g/mol. The van der Waals surface area contributed by atoms with Crippen LogP contribution in [0, 0.1) is 5.92 Å². The van der Waals surface area contributed by atoms with E-state index in [1.165, 1.54) is 57.3 Å². The number of fused-ring (bicyclic) bond motifs is 1. The van der Waals surface area contributed by atoms with Gasteiger partial charge in [-0.3, -0.25) is 0 Å². The molecule has 1 saturated heterocycles. The van der Waals surface area contributed by atoms with E-state index in [-0.39, 0.29) is 0 Å². The van der Waals surface area contributed by atoms with Crippen molar-refractivity contribution in [2.75, 3.05) is 19.6 Å². The van der Waals surface area contributed by atoms with Gasteiger partial charge in [-0.2, -0.15) is 0 Å². The van der Waals surface area contributed by atoms with Gasteiger partial charge in [0.05, 0.1) is 0 Å². The predicted molar refractivity (Wildman–Crippen MR) is 84.8 cm³/mol. The highest BCUT2D eigenvalue weighted by Gasteiger charge is 2.22. The summed E-state index contributed by atoms with van der Waals surface area (Å²) in [6.07, 6.45) is 6.79. The predicted octanol–water partition coefficient (Wildman–Crippen LogP) is 3.21. The molecule has 3 rings (SSSR count). The molecule has 1 N–H and O–H groups in total. The van der Waals surface area contributed by atoms with Crippen molar-refractivity contribution in [3.63, 3.8) is 0 Å². The first-order valence-corrected chi connectivity index (χ1v) is 8.37. The summed E-state index contributed by atoms with van der Waals surface area (Å²) in [6.45, 7) is 7.23. The maximum Gasteiger partial charge on any atom is 0.0238 e. The maximum absolute atomic E-state index is 3.73. The molecule has 0 radical (unpaired) electrons. The highest BCUT2D eigenvalue weighted by molar-refractivity contribution is 5.29.